The molecular weight excluding hydrogens is 276 g/mol. The Balaban J connectivity index is 2.43. The number of hydrogen-bond donors (Lipinski definition) is 3. The number of carbonyl (C=O) groups excluding carboxylic acids is 1. The Hall–Kier alpha value is -1.39. The van der Waals surface area contributed by atoms with Crippen molar-refractivity contribution in [1.29, 1.82) is 0 Å². The van der Waals surface area contributed by atoms with Gasteiger partial charge in [0.25, 0.3) is 0 Å². The molecule has 0 aromatic heterocycles. The Morgan fingerprint density at radius 1 is 1.14 bits per heavy atom. The average molecular weight is 306 g/mol. The molecule has 0 saturated heterocycles. The molecule has 4 heteroatoms. The second-order valence-corrected chi connectivity index (χ2v) is 6.56. The number of hydrogen-bond acceptors (Lipinski definition) is 3. The van der Waals surface area contributed by atoms with Crippen LogP contribution in [-0.4, -0.2) is 23.2 Å². The summed E-state index contributed by atoms with van der Waals surface area (Å²) in [7, 11) is 0. The molecule has 22 heavy (non-hydrogen) atoms. The van der Waals surface area contributed by atoms with Gasteiger partial charge in [0.1, 0.15) is 0 Å². The van der Waals surface area contributed by atoms with Gasteiger partial charge in [0, 0.05) is 12.0 Å². The zero-order chi connectivity index (χ0) is 16.5. The second kappa shape index (κ2) is 9.59. The first-order valence-electron chi connectivity index (χ1n) is 8.17. The number of aliphatic hydroxyl groups excluding tert-OH is 1. The number of rotatable bonds is 10. The Bertz CT molecular complexity index is 434. The SMILES string of the molecule is CC(C)CC[C@H](C[C@H](O)[C@@H](N)CCc1ccccc1)C(N)=O. The number of carbonyl (C=O) groups is 1. The molecule has 4 nitrogen and oxygen atoms in total. The molecule has 1 amide bonds. The van der Waals surface area contributed by atoms with Crippen LogP contribution in [0.4, 0.5) is 0 Å². The first-order chi connectivity index (χ1) is 10.4. The van der Waals surface area contributed by atoms with Crippen LogP contribution in [0.5, 0.6) is 0 Å². The van der Waals surface area contributed by atoms with E-state index in [1.165, 1.54) is 5.56 Å². The quantitative estimate of drug-likeness (QED) is 0.619. The van der Waals surface area contributed by atoms with Crippen LogP contribution >= 0.6 is 0 Å². The van der Waals surface area contributed by atoms with Gasteiger partial charge in [0.2, 0.25) is 5.91 Å². The van der Waals surface area contributed by atoms with Gasteiger partial charge in [-0.1, -0.05) is 50.6 Å². The van der Waals surface area contributed by atoms with Crippen LogP contribution in [0.25, 0.3) is 0 Å². The van der Waals surface area contributed by atoms with E-state index in [9.17, 15) is 9.90 Å². The molecule has 0 aliphatic carbocycles. The van der Waals surface area contributed by atoms with Crippen LogP contribution < -0.4 is 11.5 Å². The third kappa shape index (κ3) is 7.05. The lowest BCUT2D eigenvalue weighted by Crippen LogP contribution is -2.39. The Morgan fingerprint density at radius 3 is 2.32 bits per heavy atom. The molecule has 0 fully saturated rings. The highest BCUT2D eigenvalue weighted by Crippen LogP contribution is 2.19. The van der Waals surface area contributed by atoms with Crippen molar-refractivity contribution < 1.29 is 9.90 Å². The standard InChI is InChI=1S/C18H30N2O2/c1-13(2)8-10-15(18(20)22)12-17(21)16(19)11-9-14-6-4-3-5-7-14/h3-7,13,15-17,21H,8-12,19H2,1-2H3,(H2,20,22)/t15-,16+,17+/m1/s1. The summed E-state index contributed by atoms with van der Waals surface area (Å²) in [5.41, 5.74) is 12.7. The molecule has 0 aliphatic heterocycles. The lowest BCUT2D eigenvalue weighted by Gasteiger charge is -2.23. The molecule has 1 aromatic rings. The third-order valence-corrected chi connectivity index (χ3v) is 4.12. The Labute approximate surface area is 133 Å². The number of benzene rings is 1. The van der Waals surface area contributed by atoms with E-state index in [4.69, 9.17) is 11.5 Å². The average Bonchev–Trinajstić information content (AvgIpc) is 2.49. The van der Waals surface area contributed by atoms with E-state index in [0.29, 0.717) is 18.8 Å². The van der Waals surface area contributed by atoms with Gasteiger partial charge in [-0.25, -0.2) is 0 Å². The van der Waals surface area contributed by atoms with E-state index in [1.807, 2.05) is 30.3 Å². The lowest BCUT2D eigenvalue weighted by molar-refractivity contribution is -0.123. The van der Waals surface area contributed by atoms with Crippen molar-refractivity contribution in [1.82, 2.24) is 0 Å². The van der Waals surface area contributed by atoms with Crippen molar-refractivity contribution in [3.63, 3.8) is 0 Å². The molecule has 124 valence electrons. The largest absolute Gasteiger partial charge is 0.391 e. The number of primary amides is 1. The van der Waals surface area contributed by atoms with Crippen molar-refractivity contribution in [2.24, 2.45) is 23.3 Å². The summed E-state index contributed by atoms with van der Waals surface area (Å²) in [5, 5.41) is 10.2. The summed E-state index contributed by atoms with van der Waals surface area (Å²) in [5.74, 6) is -0.110. The van der Waals surface area contributed by atoms with Crippen molar-refractivity contribution >= 4 is 5.91 Å². The molecule has 1 aromatic carbocycles. The van der Waals surface area contributed by atoms with Crippen molar-refractivity contribution in [2.45, 2.75) is 58.1 Å². The van der Waals surface area contributed by atoms with Crippen molar-refractivity contribution in [3.05, 3.63) is 35.9 Å². The van der Waals surface area contributed by atoms with Gasteiger partial charge in [-0.2, -0.15) is 0 Å². The van der Waals surface area contributed by atoms with Gasteiger partial charge >= 0.3 is 0 Å². The van der Waals surface area contributed by atoms with Crippen molar-refractivity contribution in [2.75, 3.05) is 0 Å². The second-order valence-electron chi connectivity index (χ2n) is 6.56. The monoisotopic (exact) mass is 306 g/mol. The molecule has 0 radical (unpaired) electrons. The van der Waals surface area contributed by atoms with E-state index in [1.54, 1.807) is 0 Å². The highest BCUT2D eigenvalue weighted by atomic mass is 16.3. The molecule has 5 N–H and O–H groups in total. The van der Waals surface area contributed by atoms with Gasteiger partial charge in [0.05, 0.1) is 6.10 Å². The van der Waals surface area contributed by atoms with Crippen LogP contribution in [0, 0.1) is 11.8 Å². The minimum atomic E-state index is -0.687. The highest BCUT2D eigenvalue weighted by Gasteiger charge is 2.23. The first-order valence-corrected chi connectivity index (χ1v) is 8.17. The van der Waals surface area contributed by atoms with E-state index in [0.717, 1.165) is 19.3 Å². The zero-order valence-electron chi connectivity index (χ0n) is 13.7. The molecule has 0 saturated carbocycles. The van der Waals surface area contributed by atoms with Gasteiger partial charge in [-0.05, 0) is 37.2 Å². The molecular formula is C18H30N2O2. The maximum atomic E-state index is 11.5. The summed E-state index contributed by atoms with van der Waals surface area (Å²) in [6, 6.07) is 9.73. The maximum absolute atomic E-state index is 11.5. The molecule has 0 bridgehead atoms. The third-order valence-electron chi connectivity index (χ3n) is 4.12. The van der Waals surface area contributed by atoms with Gasteiger partial charge in [-0.15, -0.1) is 0 Å². The zero-order valence-corrected chi connectivity index (χ0v) is 13.7. The fourth-order valence-electron chi connectivity index (χ4n) is 2.55. The van der Waals surface area contributed by atoms with Gasteiger partial charge in [-0.3, -0.25) is 4.79 Å². The van der Waals surface area contributed by atoms with Crippen LogP contribution in [0.1, 0.15) is 45.1 Å². The fourth-order valence-corrected chi connectivity index (χ4v) is 2.55. The van der Waals surface area contributed by atoms with E-state index >= 15 is 0 Å². The maximum Gasteiger partial charge on any atom is 0.220 e. The molecule has 0 spiro atoms. The topological polar surface area (TPSA) is 89.3 Å². The van der Waals surface area contributed by atoms with Crippen LogP contribution in [0.15, 0.2) is 30.3 Å². The number of nitrogens with two attached hydrogens (primary N) is 2. The Kier molecular flexibility index (Phi) is 8.13. The van der Waals surface area contributed by atoms with Gasteiger partial charge in [0.15, 0.2) is 0 Å². The minimum Gasteiger partial charge on any atom is -0.391 e. The van der Waals surface area contributed by atoms with Crippen LogP contribution in [-0.2, 0) is 11.2 Å². The summed E-state index contributed by atoms with van der Waals surface area (Å²) >= 11 is 0. The molecule has 0 heterocycles. The van der Waals surface area contributed by atoms with Crippen LogP contribution in [0.3, 0.4) is 0 Å². The summed E-state index contributed by atoms with van der Waals surface area (Å²) in [6.07, 6.45) is 2.84. The summed E-state index contributed by atoms with van der Waals surface area (Å²) in [4.78, 5) is 11.5. The number of amides is 1. The normalized spacial score (nSPS) is 15.5. The lowest BCUT2D eigenvalue weighted by atomic mass is 9.89. The first kappa shape index (κ1) is 18.7. The van der Waals surface area contributed by atoms with Crippen LogP contribution in [0.2, 0.25) is 0 Å². The predicted octanol–water partition coefficient (Wildman–Crippen LogP) is 2.24. The molecule has 0 aliphatic rings. The number of aryl methyl sites for hydroxylation is 1. The Morgan fingerprint density at radius 2 is 1.77 bits per heavy atom. The minimum absolute atomic E-state index is 0.292. The highest BCUT2D eigenvalue weighted by molar-refractivity contribution is 5.76. The molecule has 0 unspecified atom stereocenters. The fraction of sp³-hybridized carbons (Fsp3) is 0.611. The smallest absolute Gasteiger partial charge is 0.220 e. The van der Waals surface area contributed by atoms with Gasteiger partial charge < -0.3 is 16.6 Å². The number of aliphatic hydroxyl groups is 1. The predicted molar refractivity (Wildman–Crippen MR) is 90.1 cm³/mol. The molecule has 3 atom stereocenters. The van der Waals surface area contributed by atoms with E-state index in [2.05, 4.69) is 13.8 Å². The van der Waals surface area contributed by atoms with Crippen molar-refractivity contribution in [3.8, 4) is 0 Å². The molecule has 1 rings (SSSR count). The van der Waals surface area contributed by atoms with E-state index < -0.39 is 6.10 Å². The summed E-state index contributed by atoms with van der Waals surface area (Å²) < 4.78 is 0. The van der Waals surface area contributed by atoms with E-state index in [-0.39, 0.29) is 17.9 Å². The summed E-state index contributed by atoms with van der Waals surface area (Å²) in [6.45, 7) is 4.22.